The van der Waals surface area contributed by atoms with Crippen molar-refractivity contribution in [3.63, 3.8) is 0 Å². The number of hydrogen-bond donors (Lipinski definition) is 2. The number of carbonyl (C=O) groups excluding carboxylic acids is 1. The number of aromatic amines is 2. The molecule has 1 aromatic heterocycles. The summed E-state index contributed by atoms with van der Waals surface area (Å²) in [7, 11) is 0. The molecule has 0 unspecified atom stereocenters. The van der Waals surface area contributed by atoms with Crippen LogP contribution in [0.4, 0.5) is 0 Å². The van der Waals surface area contributed by atoms with Gasteiger partial charge < -0.3 is 14.9 Å². The van der Waals surface area contributed by atoms with Gasteiger partial charge in [0.25, 0.3) is 5.91 Å². The van der Waals surface area contributed by atoms with Gasteiger partial charge in [-0.3, -0.25) is 14.4 Å². The van der Waals surface area contributed by atoms with Gasteiger partial charge in [0.1, 0.15) is 0 Å². The number of benzene rings is 1. The SMILES string of the molecule is C#CCN(C(=O)c1ccc2[nH]c(=O)c(=O)[nH]c2c1)C1CCCCC1. The van der Waals surface area contributed by atoms with Crippen LogP contribution in [0.2, 0.25) is 0 Å². The highest BCUT2D eigenvalue weighted by Crippen LogP contribution is 2.24. The molecule has 0 spiro atoms. The predicted octanol–water partition coefficient (Wildman–Crippen LogP) is 1.62. The summed E-state index contributed by atoms with van der Waals surface area (Å²) in [6, 6.07) is 5.01. The second-order valence-electron chi connectivity index (χ2n) is 6.10. The molecule has 1 aliphatic carbocycles. The van der Waals surface area contributed by atoms with E-state index in [0.717, 1.165) is 25.7 Å². The fraction of sp³-hybridized carbons (Fsp3) is 0.389. The largest absolute Gasteiger partial charge is 0.325 e. The minimum absolute atomic E-state index is 0.145. The molecule has 0 aliphatic heterocycles. The van der Waals surface area contributed by atoms with Crippen molar-refractivity contribution < 1.29 is 4.79 Å². The Hall–Kier alpha value is -2.81. The van der Waals surface area contributed by atoms with Gasteiger partial charge in [0.05, 0.1) is 17.6 Å². The molecule has 1 fully saturated rings. The molecular formula is C18H19N3O3. The maximum atomic E-state index is 12.9. The topological polar surface area (TPSA) is 86.0 Å². The van der Waals surface area contributed by atoms with E-state index >= 15 is 0 Å². The molecule has 0 radical (unpaired) electrons. The number of nitrogens with one attached hydrogen (secondary N) is 2. The van der Waals surface area contributed by atoms with Crippen LogP contribution in [0, 0.1) is 12.3 Å². The number of aromatic nitrogens is 2. The first-order valence-corrected chi connectivity index (χ1v) is 8.11. The molecule has 1 saturated carbocycles. The lowest BCUT2D eigenvalue weighted by Crippen LogP contribution is -2.41. The third kappa shape index (κ3) is 3.11. The van der Waals surface area contributed by atoms with Gasteiger partial charge in [-0.25, -0.2) is 0 Å². The van der Waals surface area contributed by atoms with Crippen LogP contribution >= 0.6 is 0 Å². The molecule has 124 valence electrons. The molecule has 1 aliphatic rings. The smallest absolute Gasteiger partial charge is 0.314 e. The Kier molecular flexibility index (Phi) is 4.52. The van der Waals surface area contributed by atoms with E-state index in [1.807, 2.05) is 0 Å². The Morgan fingerprint density at radius 2 is 1.79 bits per heavy atom. The molecule has 0 saturated heterocycles. The molecule has 0 atom stereocenters. The Balaban J connectivity index is 1.96. The van der Waals surface area contributed by atoms with Crippen molar-refractivity contribution in [2.75, 3.05) is 6.54 Å². The van der Waals surface area contributed by atoms with Crippen molar-refractivity contribution in [2.24, 2.45) is 0 Å². The maximum absolute atomic E-state index is 12.9. The minimum Gasteiger partial charge on any atom is -0.325 e. The summed E-state index contributed by atoms with van der Waals surface area (Å²) < 4.78 is 0. The molecule has 6 nitrogen and oxygen atoms in total. The van der Waals surface area contributed by atoms with Gasteiger partial charge in [0.2, 0.25) is 0 Å². The lowest BCUT2D eigenvalue weighted by molar-refractivity contribution is 0.0667. The maximum Gasteiger partial charge on any atom is 0.314 e. The standard InChI is InChI=1S/C18H19N3O3/c1-2-10-21(13-6-4-3-5-7-13)18(24)12-8-9-14-15(11-12)20-17(23)16(22)19-14/h1,8-9,11,13H,3-7,10H2,(H,19,22)(H,20,23). The van der Waals surface area contributed by atoms with Gasteiger partial charge in [0.15, 0.2) is 0 Å². The molecule has 3 rings (SSSR count). The van der Waals surface area contributed by atoms with Gasteiger partial charge >= 0.3 is 11.1 Å². The van der Waals surface area contributed by atoms with Crippen LogP contribution in [0.1, 0.15) is 42.5 Å². The zero-order valence-corrected chi connectivity index (χ0v) is 13.3. The highest BCUT2D eigenvalue weighted by atomic mass is 16.2. The van der Waals surface area contributed by atoms with Crippen LogP contribution in [-0.4, -0.2) is 33.4 Å². The first kappa shape index (κ1) is 16.1. The number of carbonyl (C=O) groups is 1. The first-order chi connectivity index (χ1) is 11.6. The van der Waals surface area contributed by atoms with E-state index in [9.17, 15) is 14.4 Å². The van der Waals surface area contributed by atoms with Crippen LogP contribution in [0.15, 0.2) is 27.8 Å². The van der Waals surface area contributed by atoms with E-state index in [1.165, 1.54) is 6.42 Å². The van der Waals surface area contributed by atoms with E-state index in [-0.39, 0.29) is 18.5 Å². The predicted molar refractivity (Wildman–Crippen MR) is 91.9 cm³/mol. The van der Waals surface area contributed by atoms with Crippen molar-refractivity contribution >= 4 is 16.9 Å². The van der Waals surface area contributed by atoms with Crippen molar-refractivity contribution in [1.29, 1.82) is 0 Å². The molecule has 2 N–H and O–H groups in total. The Bertz CT molecular complexity index is 913. The summed E-state index contributed by atoms with van der Waals surface area (Å²) in [5, 5.41) is 0. The van der Waals surface area contributed by atoms with Crippen LogP contribution < -0.4 is 11.1 Å². The normalized spacial score (nSPS) is 15.1. The minimum atomic E-state index is -0.736. The number of rotatable bonds is 3. The third-order valence-corrected chi connectivity index (χ3v) is 4.51. The van der Waals surface area contributed by atoms with Crippen LogP contribution in [0.3, 0.4) is 0 Å². The Labute approximate surface area is 138 Å². The average Bonchev–Trinajstić information content (AvgIpc) is 2.60. The molecule has 24 heavy (non-hydrogen) atoms. The van der Waals surface area contributed by atoms with Gasteiger partial charge in [-0.2, -0.15) is 0 Å². The summed E-state index contributed by atoms with van der Waals surface area (Å²) in [6.45, 7) is 0.268. The second-order valence-corrected chi connectivity index (χ2v) is 6.10. The van der Waals surface area contributed by atoms with E-state index < -0.39 is 11.1 Å². The molecule has 0 bridgehead atoms. The van der Waals surface area contributed by atoms with Crippen molar-refractivity contribution in [3.8, 4) is 12.3 Å². The van der Waals surface area contributed by atoms with Gasteiger partial charge in [-0.05, 0) is 31.0 Å². The molecule has 6 heteroatoms. The van der Waals surface area contributed by atoms with E-state index in [2.05, 4.69) is 15.9 Å². The van der Waals surface area contributed by atoms with Crippen LogP contribution in [0.25, 0.3) is 11.0 Å². The zero-order chi connectivity index (χ0) is 17.1. The van der Waals surface area contributed by atoms with Crippen LogP contribution in [0.5, 0.6) is 0 Å². The Morgan fingerprint density at radius 3 is 2.46 bits per heavy atom. The number of terminal acetylenes is 1. The average molecular weight is 325 g/mol. The number of nitrogens with zero attached hydrogens (tertiary/aromatic N) is 1. The summed E-state index contributed by atoms with van der Waals surface area (Å²) in [5.74, 6) is 2.42. The summed E-state index contributed by atoms with van der Waals surface area (Å²) >= 11 is 0. The number of amides is 1. The zero-order valence-electron chi connectivity index (χ0n) is 13.3. The van der Waals surface area contributed by atoms with Crippen molar-refractivity contribution in [3.05, 3.63) is 44.5 Å². The van der Waals surface area contributed by atoms with E-state index in [1.54, 1.807) is 23.1 Å². The number of hydrogen-bond acceptors (Lipinski definition) is 3. The van der Waals surface area contributed by atoms with Gasteiger partial charge in [0, 0.05) is 11.6 Å². The quantitative estimate of drug-likeness (QED) is 0.664. The van der Waals surface area contributed by atoms with Gasteiger partial charge in [-0.1, -0.05) is 25.2 Å². The lowest BCUT2D eigenvalue weighted by atomic mass is 9.93. The molecule has 1 amide bonds. The summed E-state index contributed by atoms with van der Waals surface area (Å²) in [6.07, 6.45) is 10.8. The van der Waals surface area contributed by atoms with E-state index in [4.69, 9.17) is 6.42 Å². The number of H-pyrrole nitrogens is 2. The fourth-order valence-electron chi connectivity index (χ4n) is 3.27. The lowest BCUT2D eigenvalue weighted by Gasteiger charge is -2.33. The van der Waals surface area contributed by atoms with Crippen molar-refractivity contribution in [2.45, 2.75) is 38.1 Å². The highest BCUT2D eigenvalue weighted by Gasteiger charge is 2.25. The monoisotopic (exact) mass is 325 g/mol. The first-order valence-electron chi connectivity index (χ1n) is 8.11. The van der Waals surface area contributed by atoms with Gasteiger partial charge in [-0.15, -0.1) is 6.42 Å². The summed E-state index contributed by atoms with van der Waals surface area (Å²) in [4.78, 5) is 42.4. The molecule has 1 aromatic carbocycles. The Morgan fingerprint density at radius 1 is 1.12 bits per heavy atom. The van der Waals surface area contributed by atoms with E-state index in [0.29, 0.717) is 16.6 Å². The third-order valence-electron chi connectivity index (χ3n) is 4.51. The van der Waals surface area contributed by atoms with Crippen molar-refractivity contribution in [1.82, 2.24) is 14.9 Å². The molecule has 1 heterocycles. The highest BCUT2D eigenvalue weighted by molar-refractivity contribution is 5.97. The van der Waals surface area contributed by atoms with Crippen LogP contribution in [-0.2, 0) is 0 Å². The molecular weight excluding hydrogens is 306 g/mol. The second kappa shape index (κ2) is 6.75. The molecule has 2 aromatic rings. The number of fused-ring (bicyclic) bond motifs is 1. The summed E-state index contributed by atoms with van der Waals surface area (Å²) in [5.41, 5.74) is -0.0873. The fourth-order valence-corrected chi connectivity index (χ4v) is 3.27.